The maximum Gasteiger partial charge on any atom is 0.329 e. The van der Waals surface area contributed by atoms with Crippen molar-refractivity contribution in [3.63, 3.8) is 0 Å². The number of aliphatic hydroxyl groups excluding tert-OH is 2. The Labute approximate surface area is 405 Å². The van der Waals surface area contributed by atoms with Gasteiger partial charge in [-0.25, -0.2) is 4.79 Å². The fourth-order valence-electron chi connectivity index (χ4n) is 10.5. The standard InChI is InChI=1S/C53H83NO14/c1-32-16-12-11-13-17-33(2)44(63-8)30-40-21-19-38(7)53(62,68-40)50(59)51(60)54-23-15-14-18-41(54)52(61)67-45(35(4)28-39-20-22-43(66-25-24-55)46(29-39)64-9)31-42(56)34(3)27-37(6)48(58)49(65-10)47(57)36(5)26-32/h11-13,16-17,27,32,34-36,38-41,43-46,48-49,55,58,62H,14-15,18-26,28-31H2,1-10H3/b13-11+,16-12+,33-17-,37-27+/t32-,34-,35-,36-,38-,39+,40?,41?,43-,44+,45+,46-,48-,49+,53-/m1/s1. The number of hydrogen-bond acceptors (Lipinski definition) is 14. The molecule has 15 nitrogen and oxygen atoms in total. The van der Waals surface area contributed by atoms with Gasteiger partial charge in [-0.1, -0.05) is 71.1 Å². The molecule has 4 aliphatic rings. The predicted octanol–water partition coefficient (Wildman–Crippen LogP) is 6.20. The number of ether oxygens (including phenoxy) is 6. The molecular weight excluding hydrogens is 875 g/mol. The van der Waals surface area contributed by atoms with Crippen LogP contribution in [0, 0.1) is 35.5 Å². The Morgan fingerprint density at radius 1 is 0.853 bits per heavy atom. The van der Waals surface area contributed by atoms with Crippen molar-refractivity contribution in [3.8, 4) is 0 Å². The number of nitrogens with zero attached hydrogens (tertiary/aromatic N) is 1. The third-order valence-electron chi connectivity index (χ3n) is 14.9. The number of Topliss-reactive ketones (excluding diaryl/α,β-unsaturated/α-hetero) is 3. The third-order valence-corrected chi connectivity index (χ3v) is 14.9. The first-order valence-corrected chi connectivity index (χ1v) is 25.0. The highest BCUT2D eigenvalue weighted by Crippen LogP contribution is 2.38. The molecule has 4 rings (SSSR count). The molecule has 3 aliphatic heterocycles. The molecule has 2 unspecified atom stereocenters. The summed E-state index contributed by atoms with van der Waals surface area (Å²) in [5.41, 5.74) is 1.26. The van der Waals surface area contributed by atoms with Gasteiger partial charge in [-0.15, -0.1) is 0 Å². The molecule has 68 heavy (non-hydrogen) atoms. The molecular formula is C53H83NO14. The summed E-state index contributed by atoms with van der Waals surface area (Å²) in [6.07, 6.45) is 12.0. The molecule has 3 fully saturated rings. The van der Waals surface area contributed by atoms with E-state index in [0.717, 1.165) is 12.0 Å². The lowest BCUT2D eigenvalue weighted by Gasteiger charge is -2.42. The summed E-state index contributed by atoms with van der Waals surface area (Å²) >= 11 is 0. The van der Waals surface area contributed by atoms with Gasteiger partial charge >= 0.3 is 5.97 Å². The molecule has 15 atom stereocenters. The van der Waals surface area contributed by atoms with E-state index in [9.17, 15) is 39.3 Å². The topological polar surface area (TPSA) is 205 Å². The van der Waals surface area contributed by atoms with Gasteiger partial charge in [0.2, 0.25) is 5.79 Å². The van der Waals surface area contributed by atoms with Gasteiger partial charge < -0.3 is 48.6 Å². The second-order valence-corrected chi connectivity index (χ2v) is 20.2. The van der Waals surface area contributed by atoms with Crippen LogP contribution in [0.5, 0.6) is 0 Å². The molecule has 0 radical (unpaired) electrons. The van der Waals surface area contributed by atoms with E-state index in [1.54, 1.807) is 41.1 Å². The molecule has 15 heteroatoms. The van der Waals surface area contributed by atoms with Crippen LogP contribution in [0.15, 0.2) is 47.6 Å². The van der Waals surface area contributed by atoms with Crippen LogP contribution in [0.4, 0.5) is 0 Å². The normalized spacial score (nSPS) is 39.2. The molecule has 3 N–H and O–H groups in total. The molecule has 0 aromatic rings. The smallest absolute Gasteiger partial charge is 0.329 e. The number of methoxy groups -OCH3 is 3. The molecule has 0 spiro atoms. The van der Waals surface area contributed by atoms with E-state index in [-0.39, 0.29) is 74.1 Å². The van der Waals surface area contributed by atoms with Crippen molar-refractivity contribution >= 4 is 29.2 Å². The Hall–Kier alpha value is -3.41. The third kappa shape index (κ3) is 15.3. The van der Waals surface area contributed by atoms with Gasteiger partial charge in [-0.3, -0.25) is 19.2 Å². The van der Waals surface area contributed by atoms with Crippen LogP contribution in [0.25, 0.3) is 0 Å². The van der Waals surface area contributed by atoms with E-state index < -0.39 is 77.8 Å². The lowest BCUT2D eigenvalue weighted by Crippen LogP contribution is -2.61. The van der Waals surface area contributed by atoms with E-state index in [1.807, 2.05) is 58.1 Å². The minimum atomic E-state index is -2.43. The Morgan fingerprint density at radius 3 is 2.26 bits per heavy atom. The Morgan fingerprint density at radius 2 is 1.59 bits per heavy atom. The van der Waals surface area contributed by atoms with Crippen LogP contribution in [0.2, 0.25) is 0 Å². The summed E-state index contributed by atoms with van der Waals surface area (Å²) in [6, 6.07) is -1.14. The first kappa shape index (κ1) is 57.2. The highest BCUT2D eigenvalue weighted by molar-refractivity contribution is 6.39. The fraction of sp³-hybridized carbons (Fsp3) is 0.755. The zero-order valence-corrected chi connectivity index (χ0v) is 42.4. The summed E-state index contributed by atoms with van der Waals surface area (Å²) < 4.78 is 35.6. The summed E-state index contributed by atoms with van der Waals surface area (Å²) in [4.78, 5) is 72.1. The molecule has 3 heterocycles. The highest BCUT2D eigenvalue weighted by Gasteiger charge is 2.53. The van der Waals surface area contributed by atoms with Gasteiger partial charge in [-0.2, -0.15) is 0 Å². The van der Waals surface area contributed by atoms with E-state index >= 15 is 0 Å². The van der Waals surface area contributed by atoms with E-state index in [0.29, 0.717) is 63.4 Å². The quantitative estimate of drug-likeness (QED) is 0.134. The van der Waals surface area contributed by atoms with Crippen molar-refractivity contribution in [2.24, 2.45) is 35.5 Å². The number of rotatable bonds is 9. The number of aliphatic hydroxyl groups is 3. The summed E-state index contributed by atoms with van der Waals surface area (Å²) in [5, 5.41) is 32.8. The number of piperidine rings is 1. The van der Waals surface area contributed by atoms with Crippen molar-refractivity contribution < 1.29 is 67.7 Å². The molecule has 1 amide bonds. The van der Waals surface area contributed by atoms with Gasteiger partial charge in [0.25, 0.3) is 11.7 Å². The predicted molar refractivity (Wildman–Crippen MR) is 256 cm³/mol. The Bertz CT molecular complexity index is 1810. The number of ketones is 3. The van der Waals surface area contributed by atoms with Crippen LogP contribution in [0.3, 0.4) is 0 Å². The van der Waals surface area contributed by atoms with Gasteiger partial charge in [0.15, 0.2) is 5.78 Å². The molecule has 1 saturated carbocycles. The number of esters is 1. The maximum atomic E-state index is 14.5. The summed E-state index contributed by atoms with van der Waals surface area (Å²) in [7, 11) is 4.58. The van der Waals surface area contributed by atoms with E-state index in [1.165, 1.54) is 12.0 Å². The number of carbonyl (C=O) groups is 5. The zero-order valence-electron chi connectivity index (χ0n) is 42.4. The number of carbonyl (C=O) groups excluding carboxylic acids is 5. The minimum Gasteiger partial charge on any atom is -0.460 e. The average Bonchev–Trinajstić information content (AvgIpc) is 3.32. The van der Waals surface area contributed by atoms with Crippen molar-refractivity contribution in [2.45, 2.75) is 180 Å². The molecule has 384 valence electrons. The van der Waals surface area contributed by atoms with E-state index in [4.69, 9.17) is 28.4 Å². The molecule has 2 saturated heterocycles. The SMILES string of the molecule is CO[C@H]1CC2CC[C@@H](C)[C@@](O)(O2)C(=O)C(=O)N2CCCCC2C(=O)O[C@H]([C@H](C)C[C@@H]2CC[C@@H](OCCO)[C@H](OC)C2)CC(=O)[C@H](C)/C=C(\C)[C@@H](O)[C@@H](OC)C(=O)[C@H](C)C[C@H](C)/C=C/C=C/C=C\1C. The first-order chi connectivity index (χ1) is 32.3. The molecule has 0 aromatic carbocycles. The van der Waals surface area contributed by atoms with Crippen molar-refractivity contribution in [1.29, 1.82) is 0 Å². The summed E-state index contributed by atoms with van der Waals surface area (Å²) in [6.45, 7) is 12.9. The minimum absolute atomic E-state index is 0.0158. The number of cyclic esters (lactones) is 1. The van der Waals surface area contributed by atoms with Crippen LogP contribution >= 0.6 is 0 Å². The van der Waals surface area contributed by atoms with Crippen LogP contribution in [-0.2, 0) is 52.4 Å². The lowest BCUT2D eigenvalue weighted by atomic mass is 9.78. The number of allylic oxidation sites excluding steroid dienone is 6. The maximum absolute atomic E-state index is 14.5. The highest BCUT2D eigenvalue weighted by atomic mass is 16.6. The fourth-order valence-corrected chi connectivity index (χ4v) is 10.5. The molecule has 0 aromatic heterocycles. The van der Waals surface area contributed by atoms with Gasteiger partial charge in [0.05, 0.1) is 37.6 Å². The second-order valence-electron chi connectivity index (χ2n) is 20.2. The van der Waals surface area contributed by atoms with Crippen LogP contribution < -0.4 is 0 Å². The zero-order chi connectivity index (χ0) is 50.3. The van der Waals surface area contributed by atoms with Crippen molar-refractivity contribution in [1.82, 2.24) is 4.90 Å². The van der Waals surface area contributed by atoms with Crippen molar-refractivity contribution in [3.05, 3.63) is 47.6 Å². The monoisotopic (exact) mass is 958 g/mol. The van der Waals surface area contributed by atoms with E-state index in [2.05, 4.69) is 0 Å². The Balaban J connectivity index is 1.70. The lowest BCUT2D eigenvalue weighted by molar-refractivity contribution is -0.265. The molecule has 1 aliphatic carbocycles. The number of amides is 1. The van der Waals surface area contributed by atoms with Gasteiger partial charge in [0, 0.05) is 58.5 Å². The van der Waals surface area contributed by atoms with Crippen molar-refractivity contribution in [2.75, 3.05) is 41.1 Å². The average molecular weight is 958 g/mol. The number of hydrogen-bond donors (Lipinski definition) is 3. The second kappa shape index (κ2) is 27.3. The van der Waals surface area contributed by atoms with Crippen LogP contribution in [-0.4, -0.2) is 145 Å². The Kier molecular flexibility index (Phi) is 22.9. The first-order valence-electron chi connectivity index (χ1n) is 25.0. The summed E-state index contributed by atoms with van der Waals surface area (Å²) in [5.74, 6) is -7.96. The largest absolute Gasteiger partial charge is 0.460 e. The number of fused-ring (bicyclic) bond motifs is 3. The van der Waals surface area contributed by atoms with Crippen LogP contribution in [0.1, 0.15) is 126 Å². The molecule has 2 bridgehead atoms. The van der Waals surface area contributed by atoms with Gasteiger partial charge in [-0.05, 0) is 107 Å². The van der Waals surface area contributed by atoms with Gasteiger partial charge in [0.1, 0.15) is 30.1 Å².